The summed E-state index contributed by atoms with van der Waals surface area (Å²) in [6, 6.07) is 10.7. The molecule has 2 fully saturated rings. The molecular weight excluding hydrogens is 350 g/mol. The monoisotopic (exact) mass is 378 g/mol. The first-order valence-electron chi connectivity index (χ1n) is 10.6. The van der Waals surface area contributed by atoms with Crippen molar-refractivity contribution in [2.24, 2.45) is 17.8 Å². The highest BCUT2D eigenvalue weighted by Crippen LogP contribution is 2.47. The van der Waals surface area contributed by atoms with Crippen LogP contribution in [0.25, 0.3) is 0 Å². The fraction of sp³-hybridized carbons (Fsp3) is 0.462. The Kier molecular flexibility index (Phi) is 5.54. The molecule has 2 aromatic carbocycles. The predicted octanol–water partition coefficient (Wildman–Crippen LogP) is 6.99. The van der Waals surface area contributed by atoms with E-state index in [0.717, 1.165) is 47.3 Å². The maximum atomic E-state index is 14.7. The summed E-state index contributed by atoms with van der Waals surface area (Å²) in [7, 11) is 0. The molecule has 28 heavy (non-hydrogen) atoms. The Morgan fingerprint density at radius 2 is 1.46 bits per heavy atom. The SMILES string of the molecule is Cc1ccc(C#Cc2c(F)cc(C3CCC4CC(C)CCC4C3)cc2F)cc1. The lowest BCUT2D eigenvalue weighted by molar-refractivity contribution is 0.124. The number of aryl methyl sites for hydroxylation is 1. The summed E-state index contributed by atoms with van der Waals surface area (Å²) in [5.41, 5.74) is 2.59. The first kappa shape index (κ1) is 19.2. The average molecular weight is 379 g/mol. The van der Waals surface area contributed by atoms with E-state index in [9.17, 15) is 8.78 Å². The molecule has 0 amide bonds. The molecule has 2 aliphatic rings. The molecule has 0 saturated heterocycles. The van der Waals surface area contributed by atoms with Crippen molar-refractivity contribution < 1.29 is 8.78 Å². The molecule has 4 unspecified atom stereocenters. The van der Waals surface area contributed by atoms with E-state index in [0.29, 0.717) is 0 Å². The summed E-state index contributed by atoms with van der Waals surface area (Å²) in [4.78, 5) is 0. The van der Waals surface area contributed by atoms with Gasteiger partial charge >= 0.3 is 0 Å². The molecule has 4 atom stereocenters. The van der Waals surface area contributed by atoms with Gasteiger partial charge in [-0.05, 0) is 92.5 Å². The van der Waals surface area contributed by atoms with Crippen molar-refractivity contribution >= 4 is 0 Å². The van der Waals surface area contributed by atoms with Crippen LogP contribution in [0, 0.1) is 48.2 Å². The van der Waals surface area contributed by atoms with Crippen LogP contribution in [0.4, 0.5) is 8.78 Å². The second-order valence-corrected chi connectivity index (χ2v) is 8.92. The van der Waals surface area contributed by atoms with E-state index >= 15 is 0 Å². The lowest BCUT2D eigenvalue weighted by Crippen LogP contribution is -2.29. The Balaban J connectivity index is 1.52. The van der Waals surface area contributed by atoms with E-state index in [1.165, 1.54) is 37.8 Å². The summed E-state index contributed by atoms with van der Waals surface area (Å²) in [5.74, 6) is 7.16. The van der Waals surface area contributed by atoms with Crippen LogP contribution < -0.4 is 0 Å². The van der Waals surface area contributed by atoms with E-state index in [4.69, 9.17) is 0 Å². The number of halogens is 2. The number of hydrogen-bond donors (Lipinski definition) is 0. The standard InChI is InChI=1S/C26H28F2/c1-17-3-6-19(7-4-17)8-12-24-25(27)15-23(16-26(24)28)22-11-10-20-13-18(2)5-9-21(20)14-22/h3-4,6-7,15-16,18,20-22H,5,9-11,13-14H2,1-2H3. The van der Waals surface area contributed by atoms with E-state index in [1.54, 1.807) is 0 Å². The minimum atomic E-state index is -0.533. The summed E-state index contributed by atoms with van der Waals surface area (Å²) >= 11 is 0. The molecule has 0 N–H and O–H groups in total. The number of fused-ring (bicyclic) bond motifs is 1. The van der Waals surface area contributed by atoms with E-state index in [1.807, 2.05) is 31.2 Å². The quantitative estimate of drug-likeness (QED) is 0.469. The lowest BCUT2D eigenvalue weighted by Gasteiger charge is -2.41. The number of rotatable bonds is 1. The fourth-order valence-corrected chi connectivity index (χ4v) is 5.15. The minimum Gasteiger partial charge on any atom is -0.206 e. The summed E-state index contributed by atoms with van der Waals surface area (Å²) in [6.07, 6.45) is 7.20. The second-order valence-electron chi connectivity index (χ2n) is 8.92. The van der Waals surface area contributed by atoms with Crippen LogP contribution in [0.15, 0.2) is 36.4 Å². The first-order valence-corrected chi connectivity index (χ1v) is 10.6. The molecule has 2 saturated carbocycles. The number of benzene rings is 2. The summed E-state index contributed by atoms with van der Waals surface area (Å²) in [5, 5.41) is 0. The molecule has 0 radical (unpaired) electrons. The molecule has 2 aromatic rings. The molecule has 0 aromatic heterocycles. The smallest absolute Gasteiger partial charge is 0.142 e. The summed E-state index contributed by atoms with van der Waals surface area (Å²) in [6.45, 7) is 4.35. The number of hydrogen-bond acceptors (Lipinski definition) is 0. The highest BCUT2D eigenvalue weighted by molar-refractivity contribution is 5.46. The van der Waals surface area contributed by atoms with E-state index in [2.05, 4.69) is 18.8 Å². The Bertz CT molecular complexity index is 877. The zero-order chi connectivity index (χ0) is 19.7. The molecule has 0 aliphatic heterocycles. The van der Waals surface area contributed by atoms with Crippen molar-refractivity contribution in [3.05, 3.63) is 70.3 Å². The maximum Gasteiger partial charge on any atom is 0.142 e. The van der Waals surface area contributed by atoms with Gasteiger partial charge in [0.2, 0.25) is 0 Å². The molecular formula is C26H28F2. The van der Waals surface area contributed by atoms with E-state index in [-0.39, 0.29) is 11.5 Å². The van der Waals surface area contributed by atoms with Gasteiger partial charge in [-0.25, -0.2) is 8.78 Å². The van der Waals surface area contributed by atoms with E-state index < -0.39 is 11.6 Å². The van der Waals surface area contributed by atoms with Gasteiger partial charge in [0.15, 0.2) is 0 Å². The van der Waals surface area contributed by atoms with Gasteiger partial charge in [0.25, 0.3) is 0 Å². The third-order valence-electron chi connectivity index (χ3n) is 6.79. The van der Waals surface area contributed by atoms with Crippen LogP contribution in [-0.4, -0.2) is 0 Å². The Morgan fingerprint density at radius 3 is 2.18 bits per heavy atom. The zero-order valence-electron chi connectivity index (χ0n) is 16.8. The van der Waals surface area contributed by atoms with Crippen molar-refractivity contribution in [2.75, 3.05) is 0 Å². The van der Waals surface area contributed by atoms with Crippen molar-refractivity contribution in [1.29, 1.82) is 0 Å². The largest absolute Gasteiger partial charge is 0.206 e. The normalized spacial score (nSPS) is 26.9. The van der Waals surface area contributed by atoms with Gasteiger partial charge in [0.05, 0.1) is 5.56 Å². The molecule has 0 spiro atoms. The topological polar surface area (TPSA) is 0 Å². The van der Waals surface area contributed by atoms with Gasteiger partial charge < -0.3 is 0 Å². The predicted molar refractivity (Wildman–Crippen MR) is 110 cm³/mol. The molecule has 0 nitrogen and oxygen atoms in total. The van der Waals surface area contributed by atoms with Crippen molar-refractivity contribution in [2.45, 2.75) is 58.3 Å². The third-order valence-corrected chi connectivity index (χ3v) is 6.79. The molecule has 2 aliphatic carbocycles. The zero-order valence-corrected chi connectivity index (χ0v) is 16.8. The molecule has 4 rings (SSSR count). The molecule has 2 heteroatoms. The highest BCUT2D eigenvalue weighted by Gasteiger charge is 2.35. The van der Waals surface area contributed by atoms with Crippen LogP contribution >= 0.6 is 0 Å². The molecule has 146 valence electrons. The van der Waals surface area contributed by atoms with Crippen LogP contribution in [0.1, 0.15) is 73.6 Å². The first-order chi connectivity index (χ1) is 13.5. The van der Waals surface area contributed by atoms with Gasteiger partial charge in [-0.2, -0.15) is 0 Å². The van der Waals surface area contributed by atoms with Crippen molar-refractivity contribution in [3.8, 4) is 11.8 Å². The molecule has 0 bridgehead atoms. The minimum absolute atomic E-state index is 0.121. The Hall–Kier alpha value is -2.14. The third kappa shape index (κ3) is 4.14. The van der Waals surface area contributed by atoms with Gasteiger partial charge in [-0.15, -0.1) is 0 Å². The maximum absolute atomic E-state index is 14.7. The van der Waals surface area contributed by atoms with Gasteiger partial charge in [0, 0.05) is 5.56 Å². The Morgan fingerprint density at radius 1 is 0.821 bits per heavy atom. The molecule has 0 heterocycles. The van der Waals surface area contributed by atoms with Crippen LogP contribution in [-0.2, 0) is 0 Å². The van der Waals surface area contributed by atoms with Crippen LogP contribution in [0.2, 0.25) is 0 Å². The summed E-state index contributed by atoms with van der Waals surface area (Å²) < 4.78 is 29.3. The fourth-order valence-electron chi connectivity index (χ4n) is 5.15. The Labute approximate surface area is 167 Å². The van der Waals surface area contributed by atoms with Crippen molar-refractivity contribution in [1.82, 2.24) is 0 Å². The van der Waals surface area contributed by atoms with Gasteiger partial charge in [0.1, 0.15) is 11.6 Å². The van der Waals surface area contributed by atoms with Crippen LogP contribution in [0.3, 0.4) is 0 Å². The van der Waals surface area contributed by atoms with Gasteiger partial charge in [-0.1, -0.05) is 42.9 Å². The van der Waals surface area contributed by atoms with Gasteiger partial charge in [-0.3, -0.25) is 0 Å². The van der Waals surface area contributed by atoms with Crippen LogP contribution in [0.5, 0.6) is 0 Å². The highest BCUT2D eigenvalue weighted by atomic mass is 19.1. The average Bonchev–Trinajstić information content (AvgIpc) is 2.68. The second kappa shape index (κ2) is 8.08. The van der Waals surface area contributed by atoms with Crippen molar-refractivity contribution in [3.63, 3.8) is 0 Å². The lowest BCUT2D eigenvalue weighted by atomic mass is 9.64.